The smallest absolute Gasteiger partial charge is 0.534 e. The van der Waals surface area contributed by atoms with Gasteiger partial charge in [0.1, 0.15) is 0 Å². The summed E-state index contributed by atoms with van der Waals surface area (Å²) < 4.78 is 0. The molecule has 21 heavy (non-hydrogen) atoms. The summed E-state index contributed by atoms with van der Waals surface area (Å²) >= 11 is 0. The number of benzene rings is 1. The first-order valence-electron chi connectivity index (χ1n) is 6.87. The van der Waals surface area contributed by atoms with Crippen LogP contribution in [-0.4, -0.2) is 16.2 Å². The number of phenols is 1. The minimum atomic E-state index is -0.745. The number of phenolic OH excluding ortho intramolecular Hbond substituents is 1. The van der Waals surface area contributed by atoms with Crippen molar-refractivity contribution < 1.29 is 44.6 Å². The van der Waals surface area contributed by atoms with E-state index in [4.69, 9.17) is 5.11 Å². The van der Waals surface area contributed by atoms with Gasteiger partial charge >= 0.3 is 35.5 Å². The fourth-order valence-corrected chi connectivity index (χ4v) is 1.49. The minimum absolute atomic E-state index is 0. The van der Waals surface area contributed by atoms with Gasteiger partial charge in [0, 0.05) is 12.2 Å². The van der Waals surface area contributed by atoms with E-state index >= 15 is 0 Å². The van der Waals surface area contributed by atoms with Gasteiger partial charge in [-0.15, -0.1) is 11.6 Å². The molecule has 0 aliphatic carbocycles. The zero-order valence-electron chi connectivity index (χ0n) is 14.7. The van der Waals surface area contributed by atoms with Gasteiger partial charge in [0.15, 0.2) is 0 Å². The summed E-state index contributed by atoms with van der Waals surface area (Å²) in [6.07, 6.45) is 0.222. The number of carboxylic acids is 1. The maximum Gasteiger partial charge on any atom is 1.00 e. The normalized spacial score (nSPS) is 11.0. The van der Waals surface area contributed by atoms with Crippen molar-refractivity contribution in [3.63, 3.8) is 0 Å². The number of aromatic hydroxyl groups is 1. The van der Waals surface area contributed by atoms with E-state index in [1.54, 1.807) is 6.92 Å². The third-order valence-electron chi connectivity index (χ3n) is 2.90. The predicted octanol–water partition coefficient (Wildman–Crippen LogP) is 1.27. The van der Waals surface area contributed by atoms with Crippen molar-refractivity contribution in [3.8, 4) is 5.75 Å². The summed E-state index contributed by atoms with van der Waals surface area (Å²) in [6, 6.07) is 6.91. The molecule has 0 radical (unpaired) electrons. The van der Waals surface area contributed by atoms with Gasteiger partial charge in [-0.3, -0.25) is 4.79 Å². The summed E-state index contributed by atoms with van der Waals surface area (Å²) in [5.41, 5.74) is 2.24. The second kappa shape index (κ2) is 8.82. The molecule has 0 fully saturated rings. The molecule has 0 bridgehead atoms. The predicted molar refractivity (Wildman–Crippen MR) is 82.3 cm³/mol. The molecule has 0 spiro atoms. The molecule has 1 aromatic carbocycles. The number of hydrogen-bond donors (Lipinski definition) is 2. The van der Waals surface area contributed by atoms with Crippen LogP contribution in [0.4, 0.5) is 0 Å². The first kappa shape index (κ1) is 22.8. The standard InChI is InChI=1S/C14H21O.C3H6O2.Na/c1-13(2,3)10-7-8-12(15)11(9-10)14(4,5)6;1-2-3(4)5;/h7,9,15H,1-6H3;2H2,1H3,(H,4,5);/q-1;;+1. The molecule has 4 heteroatoms. The van der Waals surface area contributed by atoms with Crippen molar-refractivity contribution in [3.05, 3.63) is 29.3 Å². The Morgan fingerprint density at radius 1 is 1.14 bits per heavy atom. The summed E-state index contributed by atoms with van der Waals surface area (Å²) in [6.45, 7) is 14.4. The van der Waals surface area contributed by atoms with E-state index < -0.39 is 5.97 Å². The van der Waals surface area contributed by atoms with Crippen LogP contribution in [0.25, 0.3) is 0 Å². The Balaban J connectivity index is 0. The van der Waals surface area contributed by atoms with Gasteiger partial charge in [-0.1, -0.05) is 59.3 Å². The van der Waals surface area contributed by atoms with Gasteiger partial charge in [-0.25, -0.2) is 0 Å². The summed E-state index contributed by atoms with van der Waals surface area (Å²) in [7, 11) is 0. The van der Waals surface area contributed by atoms with E-state index in [-0.39, 0.29) is 52.6 Å². The van der Waals surface area contributed by atoms with Crippen LogP contribution < -0.4 is 29.6 Å². The largest absolute Gasteiger partial charge is 1.00 e. The minimum Gasteiger partial charge on any atom is -0.534 e. The molecule has 3 nitrogen and oxygen atoms in total. The van der Waals surface area contributed by atoms with E-state index in [1.165, 1.54) is 5.56 Å². The fraction of sp³-hybridized carbons (Fsp3) is 0.588. The first-order valence-corrected chi connectivity index (χ1v) is 6.87. The van der Waals surface area contributed by atoms with Crippen LogP contribution in [0.5, 0.6) is 5.75 Å². The van der Waals surface area contributed by atoms with Gasteiger partial charge in [0.05, 0.1) is 0 Å². The van der Waals surface area contributed by atoms with Crippen molar-refractivity contribution in [2.75, 3.05) is 0 Å². The quantitative estimate of drug-likeness (QED) is 0.607. The summed E-state index contributed by atoms with van der Waals surface area (Å²) in [4.78, 5) is 9.37. The maximum atomic E-state index is 9.78. The van der Waals surface area contributed by atoms with Crippen LogP contribution in [0.15, 0.2) is 12.1 Å². The van der Waals surface area contributed by atoms with Crippen LogP contribution in [0.1, 0.15) is 66.0 Å². The molecule has 0 unspecified atom stereocenters. The zero-order valence-corrected chi connectivity index (χ0v) is 16.7. The average Bonchev–Trinajstić information content (AvgIpc) is 2.27. The molecule has 0 heterocycles. The monoisotopic (exact) mass is 302 g/mol. The number of carbonyl (C=O) groups is 1. The summed E-state index contributed by atoms with van der Waals surface area (Å²) in [5.74, 6) is -0.472. The third kappa shape index (κ3) is 8.50. The Labute approximate surface area is 151 Å². The molecular formula is C17H27NaO3. The SMILES string of the molecule is CC(C)(C)c1c[c-]c(O)c(C(C)(C)C)c1.CCC(=O)O.[Na+]. The molecule has 1 aromatic rings. The van der Waals surface area contributed by atoms with Gasteiger partial charge in [-0.05, 0) is 0 Å². The van der Waals surface area contributed by atoms with Crippen LogP contribution in [0, 0.1) is 6.07 Å². The van der Waals surface area contributed by atoms with Crippen LogP contribution in [0.3, 0.4) is 0 Å². The topological polar surface area (TPSA) is 57.5 Å². The van der Waals surface area contributed by atoms with E-state index in [0.29, 0.717) is 0 Å². The van der Waals surface area contributed by atoms with Gasteiger partial charge in [0.2, 0.25) is 0 Å². The van der Waals surface area contributed by atoms with Gasteiger partial charge in [0.25, 0.3) is 0 Å². The molecule has 0 amide bonds. The average molecular weight is 302 g/mol. The zero-order chi connectivity index (χ0) is 16.1. The Morgan fingerprint density at radius 3 is 1.86 bits per heavy atom. The molecule has 1 rings (SSSR count). The molecule has 0 saturated carbocycles. The number of rotatable bonds is 1. The molecule has 0 aliphatic rings. The maximum absolute atomic E-state index is 9.78. The van der Waals surface area contributed by atoms with Crippen molar-refractivity contribution in [1.82, 2.24) is 0 Å². The van der Waals surface area contributed by atoms with Crippen LogP contribution in [-0.2, 0) is 15.6 Å². The second-order valence-electron chi connectivity index (χ2n) is 6.90. The Morgan fingerprint density at radius 2 is 1.57 bits per heavy atom. The number of carboxylic acid groups (broad SMARTS) is 1. The van der Waals surface area contributed by atoms with E-state index in [2.05, 4.69) is 53.7 Å². The van der Waals surface area contributed by atoms with Gasteiger partial charge < -0.3 is 10.2 Å². The first-order chi connectivity index (χ1) is 8.89. The van der Waals surface area contributed by atoms with Gasteiger partial charge in [-0.2, -0.15) is 17.7 Å². The number of aliphatic carboxylic acids is 1. The molecule has 0 aromatic heterocycles. The third-order valence-corrected chi connectivity index (χ3v) is 2.90. The summed E-state index contributed by atoms with van der Waals surface area (Å²) in [5, 5.41) is 17.5. The van der Waals surface area contributed by atoms with Crippen molar-refractivity contribution >= 4 is 5.97 Å². The van der Waals surface area contributed by atoms with E-state index in [0.717, 1.165) is 5.56 Å². The fourth-order valence-electron chi connectivity index (χ4n) is 1.49. The molecule has 0 saturated heterocycles. The number of hydrogen-bond acceptors (Lipinski definition) is 2. The Hall–Kier alpha value is -0.510. The molecule has 0 aliphatic heterocycles. The Bertz CT molecular complexity index is 454. The molecule has 2 N–H and O–H groups in total. The Kier molecular flexibility index (Phi) is 9.56. The van der Waals surface area contributed by atoms with Crippen molar-refractivity contribution in [2.45, 2.75) is 65.7 Å². The van der Waals surface area contributed by atoms with Crippen LogP contribution >= 0.6 is 0 Å². The molecule has 114 valence electrons. The second-order valence-corrected chi connectivity index (χ2v) is 6.90. The van der Waals surface area contributed by atoms with E-state index in [1.807, 2.05) is 6.07 Å². The van der Waals surface area contributed by atoms with Crippen LogP contribution in [0.2, 0.25) is 0 Å². The van der Waals surface area contributed by atoms with Crippen molar-refractivity contribution in [2.24, 2.45) is 0 Å². The van der Waals surface area contributed by atoms with Crippen molar-refractivity contribution in [1.29, 1.82) is 0 Å². The molecule has 0 atom stereocenters. The molecular weight excluding hydrogens is 275 g/mol. The van der Waals surface area contributed by atoms with E-state index in [9.17, 15) is 9.90 Å².